The molecule has 0 amide bonds. The third-order valence-corrected chi connectivity index (χ3v) is 4.39. The van der Waals surface area contributed by atoms with Crippen LogP contribution < -0.4 is 9.47 Å². The average Bonchev–Trinajstić information content (AvgIpc) is 3.23. The second-order valence-corrected chi connectivity index (χ2v) is 6.29. The zero-order valence-corrected chi connectivity index (χ0v) is 15.4. The van der Waals surface area contributed by atoms with Crippen molar-refractivity contribution in [1.82, 2.24) is 9.97 Å². The van der Waals surface area contributed by atoms with Crippen molar-refractivity contribution in [2.24, 2.45) is 0 Å². The van der Waals surface area contributed by atoms with Gasteiger partial charge in [0.05, 0.1) is 19.0 Å². The Morgan fingerprint density at radius 2 is 1.82 bits per heavy atom. The molecule has 1 N–H and O–H groups in total. The van der Waals surface area contributed by atoms with Crippen LogP contribution in [0.4, 0.5) is 4.39 Å². The molecule has 0 aliphatic heterocycles. The number of H-pyrrole nitrogens is 1. The molecule has 0 unspecified atom stereocenters. The Kier molecular flexibility index (Phi) is 5.06. The maximum atomic E-state index is 13.5. The van der Waals surface area contributed by atoms with Crippen LogP contribution in [0.3, 0.4) is 0 Å². The van der Waals surface area contributed by atoms with Gasteiger partial charge in [0, 0.05) is 17.2 Å². The van der Waals surface area contributed by atoms with Crippen molar-refractivity contribution in [3.05, 3.63) is 90.4 Å². The molecule has 4 rings (SSSR count). The molecule has 28 heavy (non-hydrogen) atoms. The molecule has 0 aliphatic rings. The van der Waals surface area contributed by atoms with E-state index >= 15 is 0 Å². The molecule has 1 heterocycles. The molecular formula is C23H19FN2O2. The predicted octanol–water partition coefficient (Wildman–Crippen LogP) is 5.47. The van der Waals surface area contributed by atoms with E-state index in [9.17, 15) is 4.39 Å². The number of ether oxygens (including phenoxy) is 2. The molecule has 1 aromatic heterocycles. The number of aromatic nitrogens is 2. The molecule has 0 saturated heterocycles. The highest BCUT2D eigenvalue weighted by Crippen LogP contribution is 2.33. The fourth-order valence-corrected chi connectivity index (χ4v) is 2.97. The van der Waals surface area contributed by atoms with Crippen LogP contribution in [0.15, 0.2) is 79.0 Å². The van der Waals surface area contributed by atoms with Crippen LogP contribution in [-0.2, 0) is 6.61 Å². The van der Waals surface area contributed by atoms with Crippen LogP contribution in [0, 0.1) is 5.82 Å². The van der Waals surface area contributed by atoms with E-state index in [4.69, 9.17) is 9.47 Å². The summed E-state index contributed by atoms with van der Waals surface area (Å²) in [6.45, 7) is 0.483. The van der Waals surface area contributed by atoms with Gasteiger partial charge in [0.2, 0.25) is 0 Å². The molecule has 0 radical (unpaired) electrons. The maximum absolute atomic E-state index is 13.5. The molecule has 4 aromatic rings. The Morgan fingerprint density at radius 3 is 2.61 bits per heavy atom. The Labute approximate surface area is 162 Å². The maximum Gasteiger partial charge on any atom is 0.137 e. The number of benzene rings is 3. The minimum absolute atomic E-state index is 0.298. The SMILES string of the molecule is COc1cc(OCc2ccccc2)ccc1-c1cnc(-c2cccc(F)c2)[nH]1. The number of halogens is 1. The number of aromatic amines is 1. The normalized spacial score (nSPS) is 10.6. The van der Waals surface area contributed by atoms with Crippen LogP contribution in [0.2, 0.25) is 0 Å². The molecule has 3 aromatic carbocycles. The van der Waals surface area contributed by atoms with Gasteiger partial charge in [-0.3, -0.25) is 0 Å². The van der Waals surface area contributed by atoms with Crippen molar-refractivity contribution < 1.29 is 13.9 Å². The zero-order chi connectivity index (χ0) is 19.3. The van der Waals surface area contributed by atoms with Gasteiger partial charge in [0.15, 0.2) is 0 Å². The van der Waals surface area contributed by atoms with Crippen molar-refractivity contribution in [1.29, 1.82) is 0 Å². The number of methoxy groups -OCH3 is 1. The highest BCUT2D eigenvalue weighted by molar-refractivity contribution is 5.70. The van der Waals surface area contributed by atoms with Crippen molar-refractivity contribution in [3.63, 3.8) is 0 Å². The number of nitrogens with one attached hydrogen (secondary N) is 1. The largest absolute Gasteiger partial charge is 0.496 e. The molecule has 0 fully saturated rings. The van der Waals surface area contributed by atoms with Crippen LogP contribution in [-0.4, -0.2) is 17.1 Å². The fourth-order valence-electron chi connectivity index (χ4n) is 2.97. The summed E-state index contributed by atoms with van der Waals surface area (Å²) in [6, 6.07) is 22.0. The van der Waals surface area contributed by atoms with Gasteiger partial charge in [-0.15, -0.1) is 0 Å². The van der Waals surface area contributed by atoms with Crippen molar-refractivity contribution in [3.8, 4) is 34.1 Å². The lowest BCUT2D eigenvalue weighted by molar-refractivity contribution is 0.304. The van der Waals surface area contributed by atoms with Crippen LogP contribution in [0.1, 0.15) is 5.56 Å². The lowest BCUT2D eigenvalue weighted by Crippen LogP contribution is -1.96. The lowest BCUT2D eigenvalue weighted by Gasteiger charge is -2.11. The molecule has 4 nitrogen and oxygen atoms in total. The number of imidazole rings is 1. The van der Waals surface area contributed by atoms with Crippen molar-refractivity contribution in [2.75, 3.05) is 7.11 Å². The molecule has 0 spiro atoms. The summed E-state index contributed by atoms with van der Waals surface area (Å²) in [4.78, 5) is 7.60. The van der Waals surface area contributed by atoms with Gasteiger partial charge in [-0.05, 0) is 29.8 Å². The third kappa shape index (κ3) is 3.88. The van der Waals surface area contributed by atoms with Crippen LogP contribution in [0.5, 0.6) is 11.5 Å². The topological polar surface area (TPSA) is 47.1 Å². The first kappa shape index (κ1) is 17.8. The van der Waals surface area contributed by atoms with Crippen molar-refractivity contribution >= 4 is 0 Å². The van der Waals surface area contributed by atoms with Gasteiger partial charge >= 0.3 is 0 Å². The Hall–Kier alpha value is -3.60. The van der Waals surface area contributed by atoms with Gasteiger partial charge in [0.1, 0.15) is 29.7 Å². The van der Waals surface area contributed by atoms with E-state index in [1.165, 1.54) is 12.1 Å². The molecule has 5 heteroatoms. The highest BCUT2D eigenvalue weighted by Gasteiger charge is 2.12. The molecule has 0 bridgehead atoms. The summed E-state index contributed by atoms with van der Waals surface area (Å²) >= 11 is 0. The minimum Gasteiger partial charge on any atom is -0.496 e. The fraction of sp³-hybridized carbons (Fsp3) is 0.0870. The molecular weight excluding hydrogens is 355 g/mol. The van der Waals surface area contributed by atoms with E-state index in [1.54, 1.807) is 19.4 Å². The van der Waals surface area contributed by atoms with Gasteiger partial charge < -0.3 is 14.5 Å². The molecule has 140 valence electrons. The second-order valence-electron chi connectivity index (χ2n) is 6.29. The second kappa shape index (κ2) is 7.96. The van der Waals surface area contributed by atoms with E-state index in [0.717, 1.165) is 16.8 Å². The summed E-state index contributed by atoms with van der Waals surface area (Å²) in [5.41, 5.74) is 3.42. The van der Waals surface area contributed by atoms with Gasteiger partial charge in [-0.1, -0.05) is 42.5 Å². The quantitative estimate of drug-likeness (QED) is 0.487. The monoisotopic (exact) mass is 374 g/mol. The predicted molar refractivity (Wildman–Crippen MR) is 107 cm³/mol. The zero-order valence-electron chi connectivity index (χ0n) is 15.4. The Balaban J connectivity index is 1.56. The van der Waals surface area contributed by atoms with E-state index < -0.39 is 0 Å². The van der Waals surface area contributed by atoms with Gasteiger partial charge in [0.25, 0.3) is 0 Å². The molecule has 0 saturated carbocycles. The number of hydrogen-bond acceptors (Lipinski definition) is 3. The number of hydrogen-bond donors (Lipinski definition) is 1. The first-order chi connectivity index (χ1) is 13.7. The van der Waals surface area contributed by atoms with Crippen LogP contribution >= 0.6 is 0 Å². The first-order valence-electron chi connectivity index (χ1n) is 8.89. The average molecular weight is 374 g/mol. The number of nitrogens with zero attached hydrogens (tertiary/aromatic N) is 1. The lowest BCUT2D eigenvalue weighted by atomic mass is 10.1. The molecule has 0 aliphatic carbocycles. The van der Waals surface area contributed by atoms with E-state index in [-0.39, 0.29) is 5.82 Å². The molecule has 0 atom stereocenters. The highest BCUT2D eigenvalue weighted by atomic mass is 19.1. The van der Waals surface area contributed by atoms with E-state index in [2.05, 4.69) is 9.97 Å². The van der Waals surface area contributed by atoms with Crippen molar-refractivity contribution in [2.45, 2.75) is 6.61 Å². The van der Waals surface area contributed by atoms with Crippen LogP contribution in [0.25, 0.3) is 22.6 Å². The van der Waals surface area contributed by atoms with E-state index in [1.807, 2.05) is 54.6 Å². The first-order valence-corrected chi connectivity index (χ1v) is 8.89. The summed E-state index contributed by atoms with van der Waals surface area (Å²) < 4.78 is 24.9. The number of rotatable bonds is 6. The Morgan fingerprint density at radius 1 is 0.964 bits per heavy atom. The standard InChI is InChI=1S/C23H19FN2O2/c1-27-22-13-19(28-15-16-6-3-2-4-7-16)10-11-20(22)21-14-25-23(26-21)17-8-5-9-18(24)12-17/h2-14H,15H2,1H3,(H,25,26). The Bertz CT molecular complexity index is 1080. The summed E-state index contributed by atoms with van der Waals surface area (Å²) in [6.07, 6.45) is 1.71. The summed E-state index contributed by atoms with van der Waals surface area (Å²) in [5.74, 6) is 1.68. The van der Waals surface area contributed by atoms with Gasteiger partial charge in [-0.25, -0.2) is 9.37 Å². The summed E-state index contributed by atoms with van der Waals surface area (Å²) in [5, 5.41) is 0. The third-order valence-electron chi connectivity index (χ3n) is 4.39. The summed E-state index contributed by atoms with van der Waals surface area (Å²) in [7, 11) is 1.61. The van der Waals surface area contributed by atoms with E-state index in [0.29, 0.717) is 29.5 Å². The minimum atomic E-state index is -0.298. The smallest absolute Gasteiger partial charge is 0.137 e. The van der Waals surface area contributed by atoms with Gasteiger partial charge in [-0.2, -0.15) is 0 Å².